The molecule has 1 aromatic carbocycles. The number of hydrogen-bond donors (Lipinski definition) is 0. The second kappa shape index (κ2) is 6.56. The molecule has 0 bridgehead atoms. The summed E-state index contributed by atoms with van der Waals surface area (Å²) in [5.74, 6) is 1.34. The maximum atomic E-state index is 6.14. The SMILES string of the molecule is C[C](=[Cr])O[C@@H]1C[C@H](C)CC[C@H]1C(C)(C)c1ccccc1. The van der Waals surface area contributed by atoms with Gasteiger partial charge in [0.05, 0.1) is 0 Å². The minimum absolute atomic E-state index is 0.154. The van der Waals surface area contributed by atoms with Crippen LogP contribution in [-0.4, -0.2) is 10.7 Å². The first-order valence-corrected chi connectivity index (χ1v) is 8.27. The summed E-state index contributed by atoms with van der Waals surface area (Å²) in [6.45, 7) is 9.10. The molecule has 0 spiro atoms. The van der Waals surface area contributed by atoms with E-state index in [9.17, 15) is 0 Å². The van der Waals surface area contributed by atoms with E-state index in [2.05, 4.69) is 67.0 Å². The Kier molecular flexibility index (Phi) is 5.24. The molecule has 1 saturated carbocycles. The molecule has 1 aromatic rings. The normalized spacial score (nSPS) is 27.3. The molecule has 0 aromatic heterocycles. The number of rotatable bonds is 4. The molecule has 20 heavy (non-hydrogen) atoms. The average Bonchev–Trinajstić information content (AvgIpc) is 2.39. The summed E-state index contributed by atoms with van der Waals surface area (Å²) in [5, 5.41) is 0. The van der Waals surface area contributed by atoms with Crippen LogP contribution in [0.25, 0.3) is 0 Å². The van der Waals surface area contributed by atoms with Crippen LogP contribution in [0.15, 0.2) is 30.3 Å². The Morgan fingerprint density at radius 2 is 1.85 bits per heavy atom. The predicted molar refractivity (Wildman–Crippen MR) is 81.5 cm³/mol. The van der Waals surface area contributed by atoms with E-state index in [1.807, 2.05) is 6.92 Å². The first-order chi connectivity index (χ1) is 9.41. The summed E-state index contributed by atoms with van der Waals surface area (Å²) in [7, 11) is 0. The quantitative estimate of drug-likeness (QED) is 0.796. The first kappa shape index (κ1) is 16.0. The molecule has 0 heterocycles. The molecular formula is C18H26CrO. The monoisotopic (exact) mass is 310 g/mol. The summed E-state index contributed by atoms with van der Waals surface area (Å²) >= 11 is 3.01. The summed E-state index contributed by atoms with van der Waals surface area (Å²) in [5.41, 5.74) is 1.58. The topological polar surface area (TPSA) is 9.23 Å². The van der Waals surface area contributed by atoms with E-state index in [-0.39, 0.29) is 5.41 Å². The fourth-order valence-corrected chi connectivity index (χ4v) is 3.77. The van der Waals surface area contributed by atoms with Crippen LogP contribution >= 0.6 is 0 Å². The third-order valence-electron chi connectivity index (χ3n) is 4.82. The molecule has 2 heteroatoms. The van der Waals surface area contributed by atoms with Gasteiger partial charge in [0.1, 0.15) is 0 Å². The Balaban J connectivity index is 2.25. The van der Waals surface area contributed by atoms with Crippen molar-refractivity contribution in [2.24, 2.45) is 11.8 Å². The van der Waals surface area contributed by atoms with Gasteiger partial charge in [-0.3, -0.25) is 0 Å². The molecule has 110 valence electrons. The van der Waals surface area contributed by atoms with E-state index >= 15 is 0 Å². The molecule has 0 N–H and O–H groups in total. The van der Waals surface area contributed by atoms with Crippen LogP contribution in [0.5, 0.6) is 0 Å². The molecule has 3 atom stereocenters. The molecule has 0 aliphatic heterocycles. The minimum atomic E-state index is 0.154. The zero-order chi connectivity index (χ0) is 14.8. The standard InChI is InChI=1S/C18H26O.Cr/c1-5-19-17-13-14(2)11-12-16(17)18(3,4)15-9-7-6-8-10-15;/h6-10,14,16-17H,11-13H2,1-4H3;/t14-,16-,17-;/m1./s1. The van der Waals surface area contributed by atoms with Gasteiger partial charge in [0.15, 0.2) is 0 Å². The molecule has 1 aliphatic carbocycles. The second-order valence-electron chi connectivity index (χ2n) is 6.76. The van der Waals surface area contributed by atoms with Gasteiger partial charge in [0.25, 0.3) is 0 Å². The molecule has 2 rings (SSSR count). The van der Waals surface area contributed by atoms with Crippen molar-refractivity contribution in [1.82, 2.24) is 0 Å². The van der Waals surface area contributed by atoms with Crippen molar-refractivity contribution in [3.05, 3.63) is 35.9 Å². The fraction of sp³-hybridized carbons (Fsp3) is 0.611. The average molecular weight is 310 g/mol. The Bertz CT molecular complexity index is 452. The zero-order valence-electron chi connectivity index (χ0n) is 13.1. The van der Waals surface area contributed by atoms with E-state index in [0.29, 0.717) is 12.0 Å². The maximum absolute atomic E-state index is 6.14. The van der Waals surface area contributed by atoms with Crippen molar-refractivity contribution in [3.63, 3.8) is 0 Å². The number of hydrogen-bond acceptors (Lipinski definition) is 1. The van der Waals surface area contributed by atoms with Crippen LogP contribution < -0.4 is 0 Å². The molecule has 0 saturated heterocycles. The van der Waals surface area contributed by atoms with Crippen LogP contribution in [0, 0.1) is 11.8 Å². The molecule has 0 radical (unpaired) electrons. The Morgan fingerprint density at radius 1 is 1.20 bits per heavy atom. The zero-order valence-corrected chi connectivity index (χ0v) is 14.3. The van der Waals surface area contributed by atoms with E-state index in [1.54, 1.807) is 0 Å². The molecule has 1 aliphatic rings. The predicted octanol–water partition coefficient (Wildman–Crippen LogP) is 4.48. The molecule has 1 fully saturated rings. The third-order valence-corrected chi connectivity index (χ3v) is 4.97. The Hall–Kier alpha value is -0.418. The van der Waals surface area contributed by atoms with Crippen molar-refractivity contribution >= 4 is 4.57 Å². The summed E-state index contributed by atoms with van der Waals surface area (Å²) in [6, 6.07) is 10.9. The molecular weight excluding hydrogens is 284 g/mol. The summed E-state index contributed by atoms with van der Waals surface area (Å²) < 4.78 is 7.11. The van der Waals surface area contributed by atoms with Crippen molar-refractivity contribution < 1.29 is 20.6 Å². The Labute approximate surface area is 131 Å². The van der Waals surface area contributed by atoms with Crippen LogP contribution in [0.3, 0.4) is 0 Å². The fourth-order valence-electron chi connectivity index (χ4n) is 3.58. The number of ether oxygens (including phenoxy) is 1. The number of benzene rings is 1. The van der Waals surface area contributed by atoms with Crippen molar-refractivity contribution in [2.45, 2.75) is 58.5 Å². The van der Waals surface area contributed by atoms with Gasteiger partial charge in [-0.25, -0.2) is 0 Å². The third kappa shape index (κ3) is 3.61. The van der Waals surface area contributed by atoms with Crippen LogP contribution in [-0.2, 0) is 26.0 Å². The van der Waals surface area contributed by atoms with Gasteiger partial charge in [-0.2, -0.15) is 0 Å². The first-order valence-electron chi connectivity index (χ1n) is 7.64. The van der Waals surface area contributed by atoms with Crippen molar-refractivity contribution in [3.8, 4) is 0 Å². The van der Waals surface area contributed by atoms with Crippen LogP contribution in [0.2, 0.25) is 0 Å². The van der Waals surface area contributed by atoms with Crippen LogP contribution in [0.1, 0.15) is 52.5 Å². The van der Waals surface area contributed by atoms with Crippen LogP contribution in [0.4, 0.5) is 0 Å². The molecule has 0 unspecified atom stereocenters. The van der Waals surface area contributed by atoms with E-state index < -0.39 is 0 Å². The Morgan fingerprint density at radius 3 is 2.45 bits per heavy atom. The van der Waals surface area contributed by atoms with Gasteiger partial charge in [0.2, 0.25) is 0 Å². The van der Waals surface area contributed by atoms with Gasteiger partial charge >= 0.3 is 131 Å². The van der Waals surface area contributed by atoms with Gasteiger partial charge in [-0.05, 0) is 0 Å². The van der Waals surface area contributed by atoms with Gasteiger partial charge in [-0.15, -0.1) is 0 Å². The van der Waals surface area contributed by atoms with Gasteiger partial charge in [-0.1, -0.05) is 0 Å². The second-order valence-corrected chi connectivity index (χ2v) is 7.66. The van der Waals surface area contributed by atoms with Gasteiger partial charge in [0, 0.05) is 0 Å². The van der Waals surface area contributed by atoms with Gasteiger partial charge < -0.3 is 0 Å². The molecule has 1 nitrogen and oxygen atoms in total. The van der Waals surface area contributed by atoms with Crippen molar-refractivity contribution in [1.29, 1.82) is 0 Å². The van der Waals surface area contributed by atoms with E-state index in [1.165, 1.54) is 24.8 Å². The van der Waals surface area contributed by atoms with E-state index in [0.717, 1.165) is 10.5 Å². The molecule has 0 amide bonds. The van der Waals surface area contributed by atoms with Crippen molar-refractivity contribution in [2.75, 3.05) is 0 Å². The summed E-state index contributed by atoms with van der Waals surface area (Å²) in [4.78, 5) is 0. The van der Waals surface area contributed by atoms with E-state index in [4.69, 9.17) is 4.74 Å². The summed E-state index contributed by atoms with van der Waals surface area (Å²) in [6.07, 6.45) is 4.06.